The average Bonchev–Trinajstić information content (AvgIpc) is 2.61. The van der Waals surface area contributed by atoms with E-state index in [2.05, 4.69) is 9.55 Å². The van der Waals surface area contributed by atoms with Gasteiger partial charge in [-0.25, -0.2) is 9.37 Å². The molecule has 1 fully saturated rings. The first kappa shape index (κ1) is 12.0. The number of rotatable bonds is 3. The number of nitrogens with zero attached hydrogens (tertiary/aromatic N) is 2. The van der Waals surface area contributed by atoms with Gasteiger partial charge in [0, 0.05) is 6.54 Å². The first-order chi connectivity index (χ1) is 8.65. The molecule has 0 saturated heterocycles. The van der Waals surface area contributed by atoms with E-state index in [4.69, 9.17) is 11.6 Å². The molecule has 1 atom stereocenters. The Balaban J connectivity index is 2.10. The van der Waals surface area contributed by atoms with Crippen molar-refractivity contribution in [1.82, 2.24) is 9.55 Å². The zero-order chi connectivity index (χ0) is 12.7. The highest BCUT2D eigenvalue weighted by molar-refractivity contribution is 6.20. The normalized spacial score (nSPS) is 17.9. The van der Waals surface area contributed by atoms with E-state index in [9.17, 15) is 4.39 Å². The molecule has 0 aliphatic heterocycles. The summed E-state index contributed by atoms with van der Waals surface area (Å²) < 4.78 is 15.5. The van der Waals surface area contributed by atoms with Gasteiger partial charge in [-0.15, -0.1) is 11.6 Å². The van der Waals surface area contributed by atoms with Gasteiger partial charge < -0.3 is 4.57 Å². The van der Waals surface area contributed by atoms with Gasteiger partial charge in [0.2, 0.25) is 0 Å². The van der Waals surface area contributed by atoms with E-state index >= 15 is 0 Å². The van der Waals surface area contributed by atoms with Gasteiger partial charge in [0.05, 0.1) is 16.4 Å². The number of halogens is 2. The van der Waals surface area contributed by atoms with Gasteiger partial charge in [0.15, 0.2) is 0 Å². The van der Waals surface area contributed by atoms with Crippen LogP contribution in [0.3, 0.4) is 0 Å². The number of benzene rings is 1. The first-order valence-corrected chi connectivity index (χ1v) is 6.88. The highest BCUT2D eigenvalue weighted by Gasteiger charge is 2.22. The molecule has 96 valence electrons. The van der Waals surface area contributed by atoms with E-state index in [1.165, 1.54) is 25.3 Å². The highest BCUT2D eigenvalue weighted by atomic mass is 35.5. The molecule has 1 aliphatic rings. The lowest BCUT2D eigenvalue weighted by Crippen LogP contribution is -2.19. The molecule has 0 bridgehead atoms. The number of alkyl halides is 1. The van der Waals surface area contributed by atoms with Crippen LogP contribution in [0.2, 0.25) is 0 Å². The summed E-state index contributed by atoms with van der Waals surface area (Å²) in [6, 6.07) is 4.74. The number of hydrogen-bond donors (Lipinski definition) is 0. The van der Waals surface area contributed by atoms with E-state index in [1.54, 1.807) is 12.1 Å². The van der Waals surface area contributed by atoms with E-state index in [1.807, 2.05) is 6.92 Å². The van der Waals surface area contributed by atoms with Crippen LogP contribution in [0.1, 0.15) is 37.4 Å². The molecule has 1 unspecified atom stereocenters. The Morgan fingerprint density at radius 3 is 2.89 bits per heavy atom. The fraction of sp³-hybridized carbons (Fsp3) is 0.500. The third-order valence-electron chi connectivity index (χ3n) is 3.76. The summed E-state index contributed by atoms with van der Waals surface area (Å²) in [6.07, 6.45) is 3.81. The monoisotopic (exact) mass is 266 g/mol. The summed E-state index contributed by atoms with van der Waals surface area (Å²) in [6.45, 7) is 2.82. The quantitative estimate of drug-likeness (QED) is 0.759. The van der Waals surface area contributed by atoms with Gasteiger partial charge in [-0.05, 0) is 43.9 Å². The molecule has 0 N–H and O–H groups in total. The third kappa shape index (κ3) is 2.01. The largest absolute Gasteiger partial charge is 0.326 e. The van der Waals surface area contributed by atoms with Gasteiger partial charge in [0.25, 0.3) is 0 Å². The summed E-state index contributed by atoms with van der Waals surface area (Å²) in [5.41, 5.74) is 1.70. The van der Waals surface area contributed by atoms with Gasteiger partial charge >= 0.3 is 0 Å². The summed E-state index contributed by atoms with van der Waals surface area (Å²) in [4.78, 5) is 4.53. The predicted molar refractivity (Wildman–Crippen MR) is 71.3 cm³/mol. The topological polar surface area (TPSA) is 17.8 Å². The zero-order valence-corrected chi connectivity index (χ0v) is 11.1. The molecule has 4 heteroatoms. The van der Waals surface area contributed by atoms with E-state index < -0.39 is 0 Å². The Bertz CT molecular complexity index is 572. The van der Waals surface area contributed by atoms with Crippen molar-refractivity contribution < 1.29 is 4.39 Å². The molecule has 0 spiro atoms. The number of aromatic nitrogens is 2. The molecule has 2 aromatic rings. The van der Waals surface area contributed by atoms with Gasteiger partial charge in [-0.1, -0.05) is 6.42 Å². The smallest absolute Gasteiger partial charge is 0.127 e. The number of fused-ring (bicyclic) bond motifs is 1. The van der Waals surface area contributed by atoms with Crippen LogP contribution in [0.4, 0.5) is 4.39 Å². The van der Waals surface area contributed by atoms with E-state index in [-0.39, 0.29) is 11.2 Å². The minimum Gasteiger partial charge on any atom is -0.326 e. The van der Waals surface area contributed by atoms with Crippen LogP contribution in [0.25, 0.3) is 11.0 Å². The van der Waals surface area contributed by atoms with Crippen molar-refractivity contribution in [2.75, 3.05) is 0 Å². The molecular weight excluding hydrogens is 251 g/mol. The first-order valence-electron chi connectivity index (χ1n) is 6.45. The third-order valence-corrected chi connectivity index (χ3v) is 3.96. The maximum atomic E-state index is 13.4. The zero-order valence-electron chi connectivity index (χ0n) is 10.4. The molecule has 1 heterocycles. The Morgan fingerprint density at radius 1 is 1.50 bits per heavy atom. The Kier molecular flexibility index (Phi) is 3.02. The van der Waals surface area contributed by atoms with Crippen molar-refractivity contribution in [1.29, 1.82) is 0 Å². The van der Waals surface area contributed by atoms with Crippen molar-refractivity contribution >= 4 is 22.6 Å². The van der Waals surface area contributed by atoms with Crippen LogP contribution in [0.5, 0.6) is 0 Å². The van der Waals surface area contributed by atoms with Crippen molar-refractivity contribution in [3.8, 4) is 0 Å². The molecule has 1 aromatic carbocycles. The molecule has 0 amide bonds. The van der Waals surface area contributed by atoms with Crippen molar-refractivity contribution in [3.63, 3.8) is 0 Å². The standard InChI is InChI=1S/C14H16ClFN2/c1-9(15)14-17-12-6-5-11(16)7-13(12)18(14)8-10-3-2-4-10/h5-7,9-10H,2-4,8H2,1H3. The number of hydrogen-bond acceptors (Lipinski definition) is 1. The second-order valence-electron chi connectivity index (χ2n) is 5.13. The van der Waals surface area contributed by atoms with Gasteiger partial charge in [0.1, 0.15) is 11.6 Å². The molecular formula is C14H16ClFN2. The average molecular weight is 267 g/mol. The van der Waals surface area contributed by atoms with Crippen molar-refractivity contribution in [2.45, 2.75) is 38.1 Å². The lowest BCUT2D eigenvalue weighted by Gasteiger charge is -2.27. The van der Waals surface area contributed by atoms with E-state index in [0.717, 1.165) is 23.4 Å². The predicted octanol–water partition coefficient (Wildman–Crippen LogP) is 4.28. The molecule has 2 nitrogen and oxygen atoms in total. The Morgan fingerprint density at radius 2 is 2.28 bits per heavy atom. The van der Waals surface area contributed by atoms with Crippen LogP contribution in [0.15, 0.2) is 18.2 Å². The summed E-state index contributed by atoms with van der Waals surface area (Å²) in [5.74, 6) is 1.33. The molecule has 18 heavy (non-hydrogen) atoms. The summed E-state index contributed by atoms with van der Waals surface area (Å²) in [5, 5.41) is -0.152. The Hall–Kier alpha value is -1.09. The van der Waals surface area contributed by atoms with Crippen LogP contribution in [0, 0.1) is 11.7 Å². The Labute approximate surface area is 111 Å². The number of imidazole rings is 1. The minimum atomic E-state index is -0.217. The highest BCUT2D eigenvalue weighted by Crippen LogP contribution is 2.32. The lowest BCUT2D eigenvalue weighted by atomic mass is 9.85. The minimum absolute atomic E-state index is 0.152. The van der Waals surface area contributed by atoms with Gasteiger partial charge in [-0.3, -0.25) is 0 Å². The lowest BCUT2D eigenvalue weighted by molar-refractivity contribution is 0.276. The molecule has 3 rings (SSSR count). The molecule has 0 radical (unpaired) electrons. The molecule has 1 aromatic heterocycles. The molecule has 1 aliphatic carbocycles. The summed E-state index contributed by atoms with van der Waals surface area (Å²) in [7, 11) is 0. The van der Waals surface area contributed by atoms with Crippen LogP contribution in [-0.4, -0.2) is 9.55 Å². The van der Waals surface area contributed by atoms with Crippen molar-refractivity contribution in [3.05, 3.63) is 29.8 Å². The van der Waals surface area contributed by atoms with Crippen molar-refractivity contribution in [2.24, 2.45) is 5.92 Å². The maximum absolute atomic E-state index is 13.4. The van der Waals surface area contributed by atoms with E-state index in [0.29, 0.717) is 5.92 Å². The molecule has 1 saturated carbocycles. The van der Waals surface area contributed by atoms with Crippen LogP contribution in [-0.2, 0) is 6.54 Å². The maximum Gasteiger partial charge on any atom is 0.127 e. The fourth-order valence-corrected chi connectivity index (χ4v) is 2.71. The fourth-order valence-electron chi connectivity index (χ4n) is 2.54. The SMILES string of the molecule is CC(Cl)c1nc2ccc(F)cc2n1CC1CCC1. The van der Waals surface area contributed by atoms with Crippen LogP contribution >= 0.6 is 11.6 Å². The van der Waals surface area contributed by atoms with Gasteiger partial charge in [-0.2, -0.15) is 0 Å². The second kappa shape index (κ2) is 4.54. The summed E-state index contributed by atoms with van der Waals surface area (Å²) >= 11 is 6.19. The van der Waals surface area contributed by atoms with Crippen LogP contribution < -0.4 is 0 Å². The second-order valence-corrected chi connectivity index (χ2v) is 5.78.